The molecule has 1 amide bonds. The highest BCUT2D eigenvalue weighted by atomic mass is 16.5. The number of piperidine rings is 1. The van der Waals surface area contributed by atoms with Gasteiger partial charge in [0.1, 0.15) is 5.75 Å². The Balaban J connectivity index is 1.31. The average Bonchev–Trinajstić information content (AvgIpc) is 2.80. The summed E-state index contributed by atoms with van der Waals surface area (Å²) in [5.74, 6) is 1.88. The summed E-state index contributed by atoms with van der Waals surface area (Å²) in [4.78, 5) is 16.6. The molecule has 2 aliphatic heterocycles. The van der Waals surface area contributed by atoms with Crippen LogP contribution in [0.4, 0.5) is 11.4 Å². The van der Waals surface area contributed by atoms with Crippen LogP contribution in [0.5, 0.6) is 5.75 Å². The first-order valence-electron chi connectivity index (χ1n) is 10.7. The van der Waals surface area contributed by atoms with Gasteiger partial charge in [0, 0.05) is 36.1 Å². The van der Waals surface area contributed by atoms with Crippen molar-refractivity contribution in [1.29, 1.82) is 0 Å². The third-order valence-electron chi connectivity index (χ3n) is 5.34. The number of rotatable bonds is 6. The Morgan fingerprint density at radius 1 is 1.07 bits per heavy atom. The number of carbonyl (C=O) groups excluding carboxylic acids is 1. The van der Waals surface area contributed by atoms with Crippen LogP contribution in [0.1, 0.15) is 29.6 Å². The number of anilines is 2. The van der Waals surface area contributed by atoms with E-state index in [0.29, 0.717) is 17.4 Å². The molecule has 0 radical (unpaired) electrons. The predicted octanol–water partition coefficient (Wildman–Crippen LogP) is 2.89. The zero-order chi connectivity index (χ0) is 20.6. The Morgan fingerprint density at radius 3 is 2.67 bits per heavy atom. The molecular formula is C23H29N5O2. The molecule has 2 aliphatic rings. The van der Waals surface area contributed by atoms with Crippen LogP contribution in [0, 0.1) is 5.92 Å². The number of nitrogens with one attached hydrogen (secondary N) is 4. The fourth-order valence-electron chi connectivity index (χ4n) is 3.59. The molecule has 0 atom stereocenters. The molecule has 30 heavy (non-hydrogen) atoms. The van der Waals surface area contributed by atoms with Crippen LogP contribution in [0.25, 0.3) is 0 Å². The number of ether oxygens (including phenoxy) is 1. The molecule has 0 bridgehead atoms. The van der Waals surface area contributed by atoms with Crippen LogP contribution in [0.3, 0.4) is 0 Å². The fourth-order valence-corrected chi connectivity index (χ4v) is 3.59. The molecular weight excluding hydrogens is 378 g/mol. The summed E-state index contributed by atoms with van der Waals surface area (Å²) in [7, 11) is 0. The van der Waals surface area contributed by atoms with Gasteiger partial charge >= 0.3 is 0 Å². The maximum atomic E-state index is 12.4. The molecule has 4 rings (SSSR count). The minimum absolute atomic E-state index is 0.164. The highest BCUT2D eigenvalue weighted by molar-refractivity contribution is 6.05. The van der Waals surface area contributed by atoms with Crippen LogP contribution >= 0.6 is 0 Å². The number of aliphatic imine (C=N–C) groups is 1. The molecule has 2 aromatic rings. The Labute approximate surface area is 177 Å². The van der Waals surface area contributed by atoms with Gasteiger partial charge in [-0.1, -0.05) is 6.07 Å². The highest BCUT2D eigenvalue weighted by Gasteiger charge is 2.14. The maximum absolute atomic E-state index is 12.4. The summed E-state index contributed by atoms with van der Waals surface area (Å²) in [5.41, 5.74) is 2.46. The van der Waals surface area contributed by atoms with Crippen molar-refractivity contribution in [3.05, 3.63) is 54.1 Å². The van der Waals surface area contributed by atoms with Gasteiger partial charge in [0.25, 0.3) is 5.91 Å². The lowest BCUT2D eigenvalue weighted by molar-refractivity contribution is 0.0975. The zero-order valence-corrected chi connectivity index (χ0v) is 17.1. The van der Waals surface area contributed by atoms with Gasteiger partial charge < -0.3 is 20.7 Å². The van der Waals surface area contributed by atoms with Crippen molar-refractivity contribution in [3.63, 3.8) is 0 Å². The first-order chi connectivity index (χ1) is 14.8. The van der Waals surface area contributed by atoms with Crippen LogP contribution in [0.2, 0.25) is 0 Å². The normalized spacial score (nSPS) is 16.9. The fraction of sp³-hybridized carbons (Fsp3) is 0.391. The quantitative estimate of drug-likeness (QED) is 0.592. The molecule has 2 aromatic carbocycles. The van der Waals surface area contributed by atoms with Crippen molar-refractivity contribution >= 4 is 23.2 Å². The summed E-state index contributed by atoms with van der Waals surface area (Å²) in [6.45, 7) is 4.49. The Kier molecular flexibility index (Phi) is 6.82. The third kappa shape index (κ3) is 5.73. The monoisotopic (exact) mass is 407 g/mol. The number of carbonyl (C=O) groups is 1. The lowest BCUT2D eigenvalue weighted by atomic mass is 9.99. The van der Waals surface area contributed by atoms with Gasteiger partial charge in [0.05, 0.1) is 6.61 Å². The van der Waals surface area contributed by atoms with E-state index < -0.39 is 0 Å². The number of amides is 1. The lowest BCUT2D eigenvalue weighted by Gasteiger charge is -2.22. The first-order valence-corrected chi connectivity index (χ1v) is 10.7. The molecule has 7 heteroatoms. The zero-order valence-electron chi connectivity index (χ0n) is 17.1. The Bertz CT molecular complexity index is 875. The molecule has 7 nitrogen and oxygen atoms in total. The Hall–Kier alpha value is -3.06. The SMILES string of the molecule is O=C(NC1=NCCCN1)c1ccc(Nc2cccc(OCC3CCNCC3)c2)cc1. The van der Waals surface area contributed by atoms with E-state index in [9.17, 15) is 4.79 Å². The average molecular weight is 408 g/mol. The van der Waals surface area contributed by atoms with Gasteiger partial charge in [-0.05, 0) is 74.7 Å². The molecule has 0 unspecified atom stereocenters. The predicted molar refractivity (Wildman–Crippen MR) is 120 cm³/mol. The maximum Gasteiger partial charge on any atom is 0.257 e. The Morgan fingerprint density at radius 2 is 1.90 bits per heavy atom. The minimum atomic E-state index is -0.164. The first kappa shape index (κ1) is 20.2. The molecule has 2 heterocycles. The van der Waals surface area contributed by atoms with Crippen molar-refractivity contribution in [2.45, 2.75) is 19.3 Å². The van der Waals surface area contributed by atoms with Crippen molar-refractivity contribution in [3.8, 4) is 5.75 Å². The van der Waals surface area contributed by atoms with Gasteiger partial charge in [-0.25, -0.2) is 0 Å². The number of hydrogen-bond donors (Lipinski definition) is 4. The van der Waals surface area contributed by atoms with E-state index in [4.69, 9.17) is 4.74 Å². The third-order valence-corrected chi connectivity index (χ3v) is 5.34. The summed E-state index contributed by atoms with van der Waals surface area (Å²) < 4.78 is 6.01. The summed E-state index contributed by atoms with van der Waals surface area (Å²) in [5, 5.41) is 12.7. The van der Waals surface area contributed by atoms with Gasteiger partial charge in [-0.3, -0.25) is 15.1 Å². The second-order valence-electron chi connectivity index (χ2n) is 7.70. The molecule has 158 valence electrons. The van der Waals surface area contributed by atoms with E-state index in [1.54, 1.807) is 12.1 Å². The minimum Gasteiger partial charge on any atom is -0.493 e. The van der Waals surface area contributed by atoms with E-state index in [1.807, 2.05) is 36.4 Å². The molecule has 0 aliphatic carbocycles. The van der Waals surface area contributed by atoms with E-state index in [2.05, 4.69) is 26.3 Å². The number of hydrogen-bond acceptors (Lipinski definition) is 6. The second-order valence-corrected chi connectivity index (χ2v) is 7.70. The van der Waals surface area contributed by atoms with Gasteiger partial charge in [0.15, 0.2) is 5.96 Å². The summed E-state index contributed by atoms with van der Waals surface area (Å²) >= 11 is 0. The van der Waals surface area contributed by atoms with Gasteiger partial charge in [0.2, 0.25) is 0 Å². The summed E-state index contributed by atoms with van der Waals surface area (Å²) in [6.07, 6.45) is 3.33. The standard InChI is InChI=1S/C23H29N5O2/c29-22(28-23-25-11-2-12-26-23)18-5-7-19(8-6-18)27-20-3-1-4-21(15-20)30-16-17-9-13-24-14-10-17/h1,3-8,15,17,24,27H,2,9-14,16H2,(H2,25,26,28,29). The van der Waals surface area contributed by atoms with Crippen molar-refractivity contribution < 1.29 is 9.53 Å². The largest absolute Gasteiger partial charge is 0.493 e. The van der Waals surface area contributed by atoms with Crippen LogP contribution < -0.4 is 26.0 Å². The van der Waals surface area contributed by atoms with E-state index in [-0.39, 0.29) is 5.91 Å². The molecule has 1 saturated heterocycles. The summed E-state index contributed by atoms with van der Waals surface area (Å²) in [6, 6.07) is 15.4. The van der Waals surface area contributed by atoms with Crippen LogP contribution in [0.15, 0.2) is 53.5 Å². The van der Waals surface area contributed by atoms with Gasteiger partial charge in [-0.2, -0.15) is 0 Å². The lowest BCUT2D eigenvalue weighted by Crippen LogP contribution is -2.43. The van der Waals surface area contributed by atoms with E-state index >= 15 is 0 Å². The van der Waals surface area contributed by atoms with E-state index in [0.717, 1.165) is 56.3 Å². The van der Waals surface area contributed by atoms with Crippen molar-refractivity contribution in [1.82, 2.24) is 16.0 Å². The topological polar surface area (TPSA) is 86.8 Å². The second kappa shape index (κ2) is 10.1. The molecule has 4 N–H and O–H groups in total. The molecule has 1 fully saturated rings. The highest BCUT2D eigenvalue weighted by Crippen LogP contribution is 2.23. The number of nitrogens with zero attached hydrogens (tertiary/aromatic N) is 1. The van der Waals surface area contributed by atoms with Gasteiger partial charge in [-0.15, -0.1) is 0 Å². The van der Waals surface area contributed by atoms with E-state index in [1.165, 1.54) is 12.8 Å². The smallest absolute Gasteiger partial charge is 0.257 e. The molecule has 0 saturated carbocycles. The molecule has 0 aromatic heterocycles. The van der Waals surface area contributed by atoms with Crippen molar-refractivity contribution in [2.24, 2.45) is 10.9 Å². The van der Waals surface area contributed by atoms with Crippen LogP contribution in [-0.4, -0.2) is 44.7 Å². The van der Waals surface area contributed by atoms with Crippen molar-refractivity contribution in [2.75, 3.05) is 38.1 Å². The number of benzene rings is 2. The van der Waals surface area contributed by atoms with Crippen LogP contribution in [-0.2, 0) is 0 Å². The number of guanidine groups is 1. The molecule has 0 spiro atoms.